The molecule has 1 fully saturated rings. The van der Waals surface area contributed by atoms with Crippen molar-refractivity contribution in [2.45, 2.75) is 25.8 Å². The number of aromatic nitrogens is 2. The van der Waals surface area contributed by atoms with Gasteiger partial charge in [-0.3, -0.25) is 9.78 Å². The normalized spacial score (nSPS) is 18.0. The summed E-state index contributed by atoms with van der Waals surface area (Å²) in [5.74, 6) is 0.839. The average Bonchev–Trinajstić information content (AvgIpc) is 3.15. The lowest BCUT2D eigenvalue weighted by Gasteiger charge is -2.23. The van der Waals surface area contributed by atoms with Crippen LogP contribution in [0.1, 0.15) is 39.8 Å². The Hall–Kier alpha value is -1.95. The summed E-state index contributed by atoms with van der Waals surface area (Å²) in [6.07, 6.45) is 5.40. The Morgan fingerprint density at radius 3 is 3.05 bits per heavy atom. The summed E-state index contributed by atoms with van der Waals surface area (Å²) in [4.78, 5) is 24.2. The molecule has 3 heterocycles. The fraction of sp³-hybridized carbons (Fsp3) is 0.400. The molecule has 0 bridgehead atoms. The van der Waals surface area contributed by atoms with Crippen LogP contribution >= 0.6 is 11.3 Å². The maximum Gasteiger partial charge on any atom is 0.264 e. The van der Waals surface area contributed by atoms with Crippen LogP contribution < -0.4 is 5.32 Å². The van der Waals surface area contributed by atoms with E-state index in [1.807, 2.05) is 30.3 Å². The molecule has 5 nitrogen and oxygen atoms in total. The topological polar surface area (TPSA) is 58.1 Å². The van der Waals surface area contributed by atoms with Crippen molar-refractivity contribution in [2.75, 3.05) is 18.9 Å². The largest absolute Gasteiger partial charge is 0.372 e. The molecule has 0 unspecified atom stereocenters. The first-order chi connectivity index (χ1) is 10.2. The predicted molar refractivity (Wildman–Crippen MR) is 83.6 cm³/mol. The monoisotopic (exact) mass is 302 g/mol. The van der Waals surface area contributed by atoms with E-state index < -0.39 is 0 Å². The number of amides is 1. The maximum atomic E-state index is 12.7. The Bertz CT molecular complexity index is 655. The Labute approximate surface area is 128 Å². The van der Waals surface area contributed by atoms with E-state index in [1.54, 1.807) is 12.4 Å². The summed E-state index contributed by atoms with van der Waals surface area (Å²) in [5, 5.41) is 5.01. The minimum absolute atomic E-state index is 0.0284. The van der Waals surface area contributed by atoms with E-state index in [-0.39, 0.29) is 11.9 Å². The number of carbonyl (C=O) groups is 1. The number of carbonyl (C=O) groups excluding carboxylic acids is 1. The Balaban J connectivity index is 1.86. The summed E-state index contributed by atoms with van der Waals surface area (Å²) in [6, 6.07) is 1.98. The molecule has 110 valence electrons. The van der Waals surface area contributed by atoms with Crippen molar-refractivity contribution in [2.24, 2.45) is 0 Å². The van der Waals surface area contributed by atoms with Crippen LogP contribution in [0, 0.1) is 6.92 Å². The smallest absolute Gasteiger partial charge is 0.264 e. The summed E-state index contributed by atoms with van der Waals surface area (Å²) >= 11 is 1.51. The fourth-order valence-electron chi connectivity index (χ4n) is 2.66. The number of nitrogens with one attached hydrogen (secondary N) is 1. The molecule has 1 saturated heterocycles. The molecule has 2 aromatic heterocycles. The van der Waals surface area contributed by atoms with Crippen molar-refractivity contribution in [3.05, 3.63) is 40.0 Å². The molecule has 1 N–H and O–H groups in total. The summed E-state index contributed by atoms with van der Waals surface area (Å²) in [6.45, 7) is 2.79. The fourth-order valence-corrected chi connectivity index (χ4v) is 3.52. The van der Waals surface area contributed by atoms with Crippen molar-refractivity contribution in [3.8, 4) is 0 Å². The number of anilines is 1. The quantitative estimate of drug-likeness (QED) is 0.947. The molecule has 2 aromatic rings. The minimum atomic E-state index is 0.0284. The highest BCUT2D eigenvalue weighted by Gasteiger charge is 2.32. The molecule has 1 aliphatic rings. The van der Waals surface area contributed by atoms with Gasteiger partial charge in [-0.15, -0.1) is 11.3 Å². The van der Waals surface area contributed by atoms with Crippen LogP contribution in [0.5, 0.6) is 0 Å². The number of nitrogens with zero attached hydrogens (tertiary/aromatic N) is 3. The Kier molecular flexibility index (Phi) is 3.88. The molecule has 1 atom stereocenters. The highest BCUT2D eigenvalue weighted by Crippen LogP contribution is 2.33. The minimum Gasteiger partial charge on any atom is -0.372 e. The van der Waals surface area contributed by atoms with Gasteiger partial charge in [-0.2, -0.15) is 0 Å². The van der Waals surface area contributed by atoms with E-state index in [9.17, 15) is 4.79 Å². The van der Waals surface area contributed by atoms with Gasteiger partial charge >= 0.3 is 0 Å². The molecule has 21 heavy (non-hydrogen) atoms. The van der Waals surface area contributed by atoms with Crippen LogP contribution in [0.15, 0.2) is 23.8 Å². The van der Waals surface area contributed by atoms with E-state index in [0.29, 0.717) is 0 Å². The van der Waals surface area contributed by atoms with Crippen LogP contribution in [0.25, 0.3) is 0 Å². The third-order valence-electron chi connectivity index (χ3n) is 3.71. The molecular formula is C15H18N4OS. The van der Waals surface area contributed by atoms with Crippen molar-refractivity contribution < 1.29 is 4.79 Å². The van der Waals surface area contributed by atoms with E-state index in [2.05, 4.69) is 15.3 Å². The van der Waals surface area contributed by atoms with Crippen LogP contribution in [-0.2, 0) is 0 Å². The maximum absolute atomic E-state index is 12.7. The average molecular weight is 302 g/mol. The lowest BCUT2D eigenvalue weighted by molar-refractivity contribution is 0.0737. The van der Waals surface area contributed by atoms with Gasteiger partial charge in [0.2, 0.25) is 0 Å². The lowest BCUT2D eigenvalue weighted by Crippen LogP contribution is -2.30. The van der Waals surface area contributed by atoms with E-state index in [1.165, 1.54) is 11.3 Å². The zero-order chi connectivity index (χ0) is 14.8. The number of hydrogen-bond acceptors (Lipinski definition) is 5. The van der Waals surface area contributed by atoms with Gasteiger partial charge in [0.25, 0.3) is 5.91 Å². The first-order valence-electron chi connectivity index (χ1n) is 7.05. The Morgan fingerprint density at radius 1 is 1.48 bits per heavy atom. The van der Waals surface area contributed by atoms with E-state index in [0.717, 1.165) is 41.3 Å². The molecule has 0 aromatic carbocycles. The molecule has 6 heteroatoms. The van der Waals surface area contributed by atoms with Gasteiger partial charge in [0.1, 0.15) is 5.82 Å². The molecular weight excluding hydrogens is 284 g/mol. The molecule has 0 saturated carbocycles. The summed E-state index contributed by atoms with van der Waals surface area (Å²) in [5.41, 5.74) is 2.00. The number of thiophene rings is 1. The van der Waals surface area contributed by atoms with E-state index >= 15 is 0 Å². The van der Waals surface area contributed by atoms with Crippen LogP contribution in [0.4, 0.5) is 5.82 Å². The first-order valence-corrected chi connectivity index (χ1v) is 7.93. The van der Waals surface area contributed by atoms with Crippen molar-refractivity contribution in [1.82, 2.24) is 14.9 Å². The van der Waals surface area contributed by atoms with Gasteiger partial charge in [-0.1, -0.05) is 0 Å². The number of aryl methyl sites for hydroxylation is 1. The molecule has 1 amide bonds. The molecule has 0 radical (unpaired) electrons. The zero-order valence-electron chi connectivity index (χ0n) is 12.2. The third-order valence-corrected chi connectivity index (χ3v) is 4.74. The van der Waals surface area contributed by atoms with Crippen molar-refractivity contribution in [3.63, 3.8) is 0 Å². The van der Waals surface area contributed by atoms with Crippen molar-refractivity contribution >= 4 is 23.1 Å². The van der Waals surface area contributed by atoms with Crippen LogP contribution in [-0.4, -0.2) is 34.4 Å². The lowest BCUT2D eigenvalue weighted by atomic mass is 10.1. The van der Waals surface area contributed by atoms with Gasteiger partial charge in [-0.05, 0) is 36.8 Å². The second kappa shape index (κ2) is 5.81. The second-order valence-electron chi connectivity index (χ2n) is 5.22. The van der Waals surface area contributed by atoms with Gasteiger partial charge in [0, 0.05) is 13.6 Å². The number of hydrogen-bond donors (Lipinski definition) is 1. The molecule has 0 aliphatic carbocycles. The van der Waals surface area contributed by atoms with Gasteiger partial charge < -0.3 is 10.2 Å². The summed E-state index contributed by atoms with van der Waals surface area (Å²) < 4.78 is 0. The summed E-state index contributed by atoms with van der Waals surface area (Å²) in [7, 11) is 1.82. The third kappa shape index (κ3) is 2.76. The molecule has 3 rings (SSSR count). The van der Waals surface area contributed by atoms with Crippen molar-refractivity contribution in [1.29, 1.82) is 0 Å². The molecule has 1 aliphatic heterocycles. The van der Waals surface area contributed by atoms with Crippen LogP contribution in [0.2, 0.25) is 0 Å². The van der Waals surface area contributed by atoms with E-state index in [4.69, 9.17) is 0 Å². The standard InChI is InChI=1S/C15H18N4OS/c1-10-6-13(21-9-10)15(20)19-5-3-4-12(19)11-7-17-8-14(16-2)18-11/h6-9,12H,3-5H2,1-2H3,(H,16,18)/t12-/m0/s1. The number of rotatable bonds is 3. The zero-order valence-corrected chi connectivity index (χ0v) is 13.0. The Morgan fingerprint density at radius 2 is 2.33 bits per heavy atom. The SMILES string of the molecule is CNc1cncc([C@@H]2CCCN2C(=O)c2cc(C)cs2)n1. The number of likely N-dealkylation sites (tertiary alicyclic amines) is 1. The predicted octanol–water partition coefficient (Wildman–Crippen LogP) is 2.87. The second-order valence-corrected chi connectivity index (χ2v) is 6.14. The van der Waals surface area contributed by atoms with Crippen LogP contribution in [0.3, 0.4) is 0 Å². The highest BCUT2D eigenvalue weighted by atomic mass is 32.1. The van der Waals surface area contributed by atoms with Gasteiger partial charge in [0.15, 0.2) is 0 Å². The first kappa shape index (κ1) is 14.0. The van der Waals surface area contributed by atoms with Gasteiger partial charge in [-0.25, -0.2) is 4.98 Å². The molecule has 0 spiro atoms. The highest BCUT2D eigenvalue weighted by molar-refractivity contribution is 7.12. The van der Waals surface area contributed by atoms with Gasteiger partial charge in [0.05, 0.1) is 29.0 Å².